The summed E-state index contributed by atoms with van der Waals surface area (Å²) in [5.74, 6) is 0.516. The number of anilines is 1. The van der Waals surface area contributed by atoms with Gasteiger partial charge in [0.2, 0.25) is 0 Å². The van der Waals surface area contributed by atoms with Crippen LogP contribution in [0.25, 0.3) is 11.1 Å². The number of carbonyl (C=O) groups is 1. The molecule has 6 nitrogen and oxygen atoms in total. The van der Waals surface area contributed by atoms with Gasteiger partial charge >= 0.3 is 5.97 Å². The van der Waals surface area contributed by atoms with Gasteiger partial charge in [-0.2, -0.15) is 0 Å². The molecular formula is C29H30N2O4. The highest BCUT2D eigenvalue weighted by molar-refractivity contribution is 6.16. The second-order valence-corrected chi connectivity index (χ2v) is 10.6. The van der Waals surface area contributed by atoms with E-state index in [9.17, 15) is 9.90 Å². The van der Waals surface area contributed by atoms with Gasteiger partial charge in [0.05, 0.1) is 23.9 Å². The van der Waals surface area contributed by atoms with E-state index in [2.05, 4.69) is 45.9 Å². The zero-order chi connectivity index (χ0) is 25.1. The molecule has 0 atom stereocenters. The van der Waals surface area contributed by atoms with E-state index in [4.69, 9.17) is 20.2 Å². The normalized spacial score (nSPS) is 17.1. The number of benzene rings is 3. The molecule has 0 bridgehead atoms. The molecule has 0 aliphatic carbocycles. The van der Waals surface area contributed by atoms with Crippen LogP contribution in [-0.2, 0) is 12.8 Å². The van der Waals surface area contributed by atoms with E-state index in [-0.39, 0.29) is 22.4 Å². The standard InChI is InChI=1S/C29H30N2O4/c1-28(2)14-19-13-23(34-5)26-21(15-29(3,4)35-26)24(19)25(31-28)18-8-6-7-16(11-18)17-9-10-22(30)20(12-17)27(32)33/h6-13H,14-15,30H2,1-5H3,(H,32,33). The molecule has 2 aliphatic rings. The average molecular weight is 471 g/mol. The molecule has 2 heterocycles. The Bertz CT molecular complexity index is 1400. The molecule has 0 radical (unpaired) electrons. The van der Waals surface area contributed by atoms with E-state index in [0.717, 1.165) is 57.9 Å². The minimum absolute atomic E-state index is 0.0960. The summed E-state index contributed by atoms with van der Waals surface area (Å²) in [5.41, 5.74) is 12.6. The fourth-order valence-corrected chi connectivity index (χ4v) is 5.20. The van der Waals surface area contributed by atoms with Crippen molar-refractivity contribution >= 4 is 17.4 Å². The summed E-state index contributed by atoms with van der Waals surface area (Å²) in [5, 5.41) is 9.52. The number of hydrogen-bond acceptors (Lipinski definition) is 5. The van der Waals surface area contributed by atoms with Crippen molar-refractivity contribution in [1.82, 2.24) is 0 Å². The van der Waals surface area contributed by atoms with Crippen LogP contribution in [0, 0.1) is 0 Å². The number of methoxy groups -OCH3 is 1. The lowest BCUT2D eigenvalue weighted by atomic mass is 9.80. The number of fused-ring (bicyclic) bond motifs is 3. The van der Waals surface area contributed by atoms with Crippen molar-refractivity contribution in [2.45, 2.75) is 51.7 Å². The van der Waals surface area contributed by atoms with Crippen molar-refractivity contribution < 1.29 is 19.4 Å². The summed E-state index contributed by atoms with van der Waals surface area (Å²) in [6.07, 6.45) is 1.57. The predicted octanol–water partition coefficient (Wildman–Crippen LogP) is 5.53. The molecule has 3 aromatic carbocycles. The van der Waals surface area contributed by atoms with Crippen LogP contribution in [0.2, 0.25) is 0 Å². The van der Waals surface area contributed by atoms with Crippen LogP contribution in [-0.4, -0.2) is 35.0 Å². The van der Waals surface area contributed by atoms with Crippen LogP contribution in [0.4, 0.5) is 5.69 Å². The Morgan fingerprint density at radius 3 is 2.46 bits per heavy atom. The Labute approximate surface area is 205 Å². The molecule has 35 heavy (non-hydrogen) atoms. The highest BCUT2D eigenvalue weighted by Gasteiger charge is 2.39. The van der Waals surface area contributed by atoms with Crippen LogP contribution < -0.4 is 15.2 Å². The van der Waals surface area contributed by atoms with Crippen molar-refractivity contribution in [1.29, 1.82) is 0 Å². The van der Waals surface area contributed by atoms with Crippen LogP contribution in [0.15, 0.2) is 53.5 Å². The van der Waals surface area contributed by atoms with Gasteiger partial charge in [-0.15, -0.1) is 0 Å². The fourth-order valence-electron chi connectivity index (χ4n) is 5.20. The maximum atomic E-state index is 11.6. The number of hydrogen-bond donors (Lipinski definition) is 2. The molecule has 0 aromatic heterocycles. The quantitative estimate of drug-likeness (QED) is 0.489. The van der Waals surface area contributed by atoms with Gasteiger partial charge < -0.3 is 20.3 Å². The Morgan fingerprint density at radius 1 is 1.03 bits per heavy atom. The largest absolute Gasteiger partial charge is 0.493 e. The van der Waals surface area contributed by atoms with Gasteiger partial charge in [0.25, 0.3) is 0 Å². The molecule has 3 aromatic rings. The highest BCUT2D eigenvalue weighted by atomic mass is 16.5. The molecule has 5 rings (SSSR count). The number of nitrogens with two attached hydrogens (primary N) is 1. The molecule has 3 N–H and O–H groups in total. The first-order valence-electron chi connectivity index (χ1n) is 11.7. The molecule has 0 saturated heterocycles. The summed E-state index contributed by atoms with van der Waals surface area (Å²) in [6.45, 7) is 8.45. The monoisotopic (exact) mass is 470 g/mol. The van der Waals surface area contributed by atoms with E-state index < -0.39 is 5.97 Å². The smallest absolute Gasteiger partial charge is 0.337 e. The van der Waals surface area contributed by atoms with Gasteiger partial charge in [0.1, 0.15) is 5.60 Å². The van der Waals surface area contributed by atoms with Gasteiger partial charge in [-0.1, -0.05) is 24.3 Å². The molecule has 0 unspecified atom stereocenters. The number of nitrogens with zero attached hydrogens (tertiary/aromatic N) is 1. The number of carboxylic acid groups (broad SMARTS) is 1. The number of aliphatic imine (C=N–C) groups is 1. The van der Waals surface area contributed by atoms with Gasteiger partial charge in [-0.05, 0) is 75.1 Å². The summed E-state index contributed by atoms with van der Waals surface area (Å²) < 4.78 is 12.0. The lowest BCUT2D eigenvalue weighted by molar-refractivity contribution is 0.0698. The van der Waals surface area contributed by atoms with E-state index in [1.807, 2.05) is 18.2 Å². The van der Waals surface area contributed by atoms with E-state index >= 15 is 0 Å². The SMILES string of the molecule is COc1cc2c(c3c1OC(C)(C)C3)C(c1cccc(-c3ccc(N)c(C(=O)O)c3)c1)=NC(C)(C)C2. The summed E-state index contributed by atoms with van der Waals surface area (Å²) >= 11 is 0. The Balaban J connectivity index is 1.69. The second-order valence-electron chi connectivity index (χ2n) is 10.6. The molecule has 0 spiro atoms. The number of ether oxygens (including phenoxy) is 2. The van der Waals surface area contributed by atoms with Gasteiger partial charge in [-0.25, -0.2) is 4.79 Å². The number of carboxylic acids is 1. The zero-order valence-corrected chi connectivity index (χ0v) is 20.7. The van der Waals surface area contributed by atoms with E-state index in [1.165, 1.54) is 5.56 Å². The van der Waals surface area contributed by atoms with Crippen molar-refractivity contribution in [2.75, 3.05) is 12.8 Å². The van der Waals surface area contributed by atoms with Crippen LogP contribution >= 0.6 is 0 Å². The van der Waals surface area contributed by atoms with Crippen molar-refractivity contribution in [3.8, 4) is 22.6 Å². The first-order chi connectivity index (χ1) is 16.5. The molecular weight excluding hydrogens is 440 g/mol. The fraction of sp³-hybridized carbons (Fsp3) is 0.310. The Kier molecular flexibility index (Phi) is 5.16. The van der Waals surface area contributed by atoms with Crippen molar-refractivity contribution in [2.24, 2.45) is 4.99 Å². The number of nitrogen functional groups attached to an aromatic ring is 1. The summed E-state index contributed by atoms with van der Waals surface area (Å²) in [7, 11) is 1.68. The van der Waals surface area contributed by atoms with Crippen LogP contribution in [0.1, 0.15) is 60.3 Å². The lowest BCUT2D eigenvalue weighted by Crippen LogP contribution is -2.30. The third kappa shape index (κ3) is 4.03. The molecule has 0 fully saturated rings. The first kappa shape index (κ1) is 23.0. The minimum Gasteiger partial charge on any atom is -0.493 e. The van der Waals surface area contributed by atoms with Crippen LogP contribution in [0.3, 0.4) is 0 Å². The average Bonchev–Trinajstić information content (AvgIpc) is 3.12. The Morgan fingerprint density at radius 2 is 1.74 bits per heavy atom. The van der Waals surface area contributed by atoms with Gasteiger partial charge in [-0.3, -0.25) is 4.99 Å². The van der Waals surface area contributed by atoms with Crippen molar-refractivity contribution in [3.05, 3.63) is 76.3 Å². The maximum absolute atomic E-state index is 11.6. The Hall–Kier alpha value is -3.80. The molecule has 180 valence electrons. The number of aromatic carboxylic acids is 1. The zero-order valence-electron chi connectivity index (χ0n) is 20.7. The third-order valence-electron chi connectivity index (χ3n) is 6.65. The van der Waals surface area contributed by atoms with E-state index in [1.54, 1.807) is 19.2 Å². The molecule has 2 aliphatic heterocycles. The predicted molar refractivity (Wildman–Crippen MR) is 138 cm³/mol. The van der Waals surface area contributed by atoms with Crippen LogP contribution in [0.5, 0.6) is 11.5 Å². The molecule has 0 saturated carbocycles. The van der Waals surface area contributed by atoms with Crippen molar-refractivity contribution in [3.63, 3.8) is 0 Å². The summed E-state index contributed by atoms with van der Waals surface area (Å²) in [4.78, 5) is 16.8. The summed E-state index contributed by atoms with van der Waals surface area (Å²) in [6, 6.07) is 15.3. The lowest BCUT2D eigenvalue weighted by Gasteiger charge is -2.31. The highest BCUT2D eigenvalue weighted by Crippen LogP contribution is 2.48. The topological polar surface area (TPSA) is 94.1 Å². The first-order valence-corrected chi connectivity index (χ1v) is 11.7. The molecule has 0 amide bonds. The molecule has 6 heteroatoms. The third-order valence-corrected chi connectivity index (χ3v) is 6.65. The van der Waals surface area contributed by atoms with Gasteiger partial charge in [0, 0.05) is 28.8 Å². The van der Waals surface area contributed by atoms with Gasteiger partial charge in [0.15, 0.2) is 11.5 Å². The minimum atomic E-state index is -1.04. The van der Waals surface area contributed by atoms with E-state index in [0.29, 0.717) is 0 Å². The number of rotatable bonds is 4. The second kappa shape index (κ2) is 7.87. The maximum Gasteiger partial charge on any atom is 0.337 e.